The molecule has 2 N–H and O–H groups in total. The summed E-state index contributed by atoms with van der Waals surface area (Å²) in [4.78, 5) is 14.3. The maximum absolute atomic E-state index is 12.1. The molecule has 0 aromatic heterocycles. The van der Waals surface area contributed by atoms with Crippen molar-refractivity contribution >= 4 is 23.2 Å². The van der Waals surface area contributed by atoms with Crippen molar-refractivity contribution < 1.29 is 9.53 Å². The van der Waals surface area contributed by atoms with Crippen LogP contribution in [0.25, 0.3) is 0 Å². The molecule has 0 atom stereocenters. The highest BCUT2D eigenvalue weighted by Gasteiger charge is 2.12. The van der Waals surface area contributed by atoms with Gasteiger partial charge in [0.15, 0.2) is 0 Å². The van der Waals surface area contributed by atoms with Crippen molar-refractivity contribution in [3.05, 3.63) is 40.6 Å². The number of nitrogens with zero attached hydrogens (tertiary/aromatic N) is 2. The molecule has 0 radical (unpaired) electrons. The molecule has 2 rings (SSSR count). The lowest BCUT2D eigenvalue weighted by Crippen LogP contribution is -2.41. The Morgan fingerprint density at radius 3 is 2.92 bits per heavy atom. The van der Waals surface area contributed by atoms with Gasteiger partial charge in [-0.05, 0) is 24.6 Å². The van der Waals surface area contributed by atoms with E-state index in [0.29, 0.717) is 11.6 Å². The van der Waals surface area contributed by atoms with Crippen LogP contribution in [0.1, 0.15) is 5.56 Å². The third-order valence-electron chi connectivity index (χ3n) is 3.75. The normalized spacial score (nSPS) is 15.6. The molecule has 0 spiro atoms. The molecule has 1 heterocycles. The van der Waals surface area contributed by atoms with Gasteiger partial charge in [-0.2, -0.15) is 5.26 Å². The van der Waals surface area contributed by atoms with Crippen LogP contribution in [-0.2, 0) is 9.53 Å². The van der Waals surface area contributed by atoms with Crippen LogP contribution in [0.2, 0.25) is 5.02 Å². The van der Waals surface area contributed by atoms with E-state index in [2.05, 4.69) is 15.5 Å². The summed E-state index contributed by atoms with van der Waals surface area (Å²) in [5.74, 6) is -0.391. The molecule has 1 fully saturated rings. The SMILES string of the molecule is Cc1ccc(Cl)cc1N/C=C(/C#N)C(=O)NCCN1CCOCC1. The Kier molecular flexibility index (Phi) is 7.07. The maximum atomic E-state index is 12.1. The molecule has 1 amide bonds. The Morgan fingerprint density at radius 2 is 2.21 bits per heavy atom. The first-order valence-corrected chi connectivity index (χ1v) is 8.19. The van der Waals surface area contributed by atoms with E-state index in [9.17, 15) is 10.1 Å². The summed E-state index contributed by atoms with van der Waals surface area (Å²) in [7, 11) is 0. The van der Waals surface area contributed by atoms with Crippen LogP contribution in [0.3, 0.4) is 0 Å². The molecular weight excluding hydrogens is 328 g/mol. The second-order valence-corrected chi connectivity index (χ2v) is 5.92. The number of nitrogens with one attached hydrogen (secondary N) is 2. The number of halogens is 1. The van der Waals surface area contributed by atoms with Gasteiger partial charge >= 0.3 is 0 Å². The van der Waals surface area contributed by atoms with Gasteiger partial charge in [-0.3, -0.25) is 9.69 Å². The highest BCUT2D eigenvalue weighted by Crippen LogP contribution is 2.20. The molecule has 0 aliphatic carbocycles. The van der Waals surface area contributed by atoms with E-state index in [4.69, 9.17) is 16.3 Å². The fourth-order valence-electron chi connectivity index (χ4n) is 2.30. The summed E-state index contributed by atoms with van der Waals surface area (Å²) >= 11 is 5.95. The monoisotopic (exact) mass is 348 g/mol. The topological polar surface area (TPSA) is 77.4 Å². The second kappa shape index (κ2) is 9.28. The first-order chi connectivity index (χ1) is 11.6. The molecule has 0 unspecified atom stereocenters. The van der Waals surface area contributed by atoms with E-state index in [1.807, 2.05) is 19.1 Å². The van der Waals surface area contributed by atoms with Crippen LogP contribution in [0.5, 0.6) is 0 Å². The summed E-state index contributed by atoms with van der Waals surface area (Å²) in [6.07, 6.45) is 1.41. The molecule has 1 aromatic carbocycles. The summed E-state index contributed by atoms with van der Waals surface area (Å²) < 4.78 is 5.28. The number of aryl methyl sites for hydroxylation is 1. The zero-order valence-electron chi connectivity index (χ0n) is 13.6. The van der Waals surface area contributed by atoms with Crippen molar-refractivity contribution in [3.8, 4) is 6.07 Å². The fraction of sp³-hybridized carbons (Fsp3) is 0.412. The summed E-state index contributed by atoms with van der Waals surface area (Å²) in [5, 5.41) is 15.5. The van der Waals surface area contributed by atoms with Gasteiger partial charge in [0, 0.05) is 43.1 Å². The Morgan fingerprint density at radius 1 is 1.46 bits per heavy atom. The third kappa shape index (κ3) is 5.53. The molecule has 1 aliphatic rings. The number of carbonyl (C=O) groups excluding carboxylic acids is 1. The molecule has 24 heavy (non-hydrogen) atoms. The number of nitriles is 1. The van der Waals surface area contributed by atoms with Crippen molar-refractivity contribution in [2.45, 2.75) is 6.92 Å². The molecular formula is C17H21ClN4O2. The van der Waals surface area contributed by atoms with Crippen LogP contribution in [0, 0.1) is 18.3 Å². The van der Waals surface area contributed by atoms with E-state index < -0.39 is 5.91 Å². The molecule has 6 nitrogen and oxygen atoms in total. The summed E-state index contributed by atoms with van der Waals surface area (Å²) in [6.45, 7) is 6.34. The molecule has 128 valence electrons. The van der Waals surface area contributed by atoms with E-state index in [-0.39, 0.29) is 5.57 Å². The van der Waals surface area contributed by atoms with Crippen molar-refractivity contribution in [3.63, 3.8) is 0 Å². The highest BCUT2D eigenvalue weighted by atomic mass is 35.5. The minimum atomic E-state index is -0.391. The number of benzene rings is 1. The van der Waals surface area contributed by atoms with Gasteiger partial charge in [-0.1, -0.05) is 17.7 Å². The highest BCUT2D eigenvalue weighted by molar-refractivity contribution is 6.30. The van der Waals surface area contributed by atoms with Crippen LogP contribution >= 0.6 is 11.6 Å². The van der Waals surface area contributed by atoms with E-state index in [0.717, 1.165) is 44.1 Å². The van der Waals surface area contributed by atoms with Gasteiger partial charge in [0.1, 0.15) is 11.6 Å². The van der Waals surface area contributed by atoms with Gasteiger partial charge in [-0.15, -0.1) is 0 Å². The summed E-state index contributed by atoms with van der Waals surface area (Å²) in [5.41, 5.74) is 1.76. The van der Waals surface area contributed by atoms with Gasteiger partial charge in [-0.25, -0.2) is 0 Å². The smallest absolute Gasteiger partial charge is 0.263 e. The fourth-order valence-corrected chi connectivity index (χ4v) is 2.47. The number of carbonyl (C=O) groups is 1. The molecule has 1 saturated heterocycles. The van der Waals surface area contributed by atoms with Crippen molar-refractivity contribution in [2.75, 3.05) is 44.7 Å². The van der Waals surface area contributed by atoms with Gasteiger partial charge < -0.3 is 15.4 Å². The van der Waals surface area contributed by atoms with E-state index in [1.165, 1.54) is 6.20 Å². The van der Waals surface area contributed by atoms with Gasteiger partial charge in [0.2, 0.25) is 0 Å². The molecule has 0 saturated carbocycles. The first-order valence-electron chi connectivity index (χ1n) is 7.81. The predicted octanol–water partition coefficient (Wildman–Crippen LogP) is 1.92. The lowest BCUT2D eigenvalue weighted by atomic mass is 10.2. The molecule has 7 heteroatoms. The number of amides is 1. The predicted molar refractivity (Wildman–Crippen MR) is 93.8 cm³/mol. The minimum Gasteiger partial charge on any atom is -0.379 e. The third-order valence-corrected chi connectivity index (χ3v) is 3.99. The van der Waals surface area contributed by atoms with Crippen LogP contribution in [-0.4, -0.2) is 50.2 Å². The largest absolute Gasteiger partial charge is 0.379 e. The average Bonchev–Trinajstić information content (AvgIpc) is 2.59. The Bertz CT molecular complexity index is 648. The first kappa shape index (κ1) is 18.3. The number of hydrogen-bond acceptors (Lipinski definition) is 5. The standard InChI is InChI=1S/C17H21ClN4O2/c1-13-2-3-15(18)10-16(13)21-12-14(11-19)17(23)20-4-5-22-6-8-24-9-7-22/h2-3,10,12,21H,4-9H2,1H3,(H,20,23)/b14-12-. The van der Waals surface area contributed by atoms with E-state index >= 15 is 0 Å². The second-order valence-electron chi connectivity index (χ2n) is 5.48. The van der Waals surface area contributed by atoms with Crippen LogP contribution < -0.4 is 10.6 Å². The number of rotatable bonds is 6. The van der Waals surface area contributed by atoms with Crippen molar-refractivity contribution in [2.24, 2.45) is 0 Å². The number of hydrogen-bond donors (Lipinski definition) is 2. The van der Waals surface area contributed by atoms with Crippen molar-refractivity contribution in [1.29, 1.82) is 5.26 Å². The average molecular weight is 349 g/mol. The van der Waals surface area contributed by atoms with Gasteiger partial charge in [0.05, 0.1) is 13.2 Å². The summed E-state index contributed by atoms with van der Waals surface area (Å²) in [6, 6.07) is 7.32. The quantitative estimate of drug-likeness (QED) is 0.606. The molecule has 1 aliphatic heterocycles. The Hall–Kier alpha value is -2.07. The van der Waals surface area contributed by atoms with Gasteiger partial charge in [0.25, 0.3) is 5.91 Å². The lowest BCUT2D eigenvalue weighted by Gasteiger charge is -2.26. The van der Waals surface area contributed by atoms with Crippen LogP contribution in [0.4, 0.5) is 5.69 Å². The minimum absolute atomic E-state index is 0.0244. The maximum Gasteiger partial charge on any atom is 0.263 e. The Labute approximate surface area is 147 Å². The number of ether oxygens (including phenoxy) is 1. The van der Waals surface area contributed by atoms with Crippen LogP contribution in [0.15, 0.2) is 30.0 Å². The Balaban J connectivity index is 1.86. The number of morpholine rings is 1. The molecule has 0 bridgehead atoms. The van der Waals surface area contributed by atoms with Crippen molar-refractivity contribution in [1.82, 2.24) is 10.2 Å². The molecule has 1 aromatic rings. The lowest BCUT2D eigenvalue weighted by molar-refractivity contribution is -0.117. The van der Waals surface area contributed by atoms with E-state index in [1.54, 1.807) is 12.1 Å². The number of anilines is 1. The zero-order chi connectivity index (χ0) is 17.4. The zero-order valence-corrected chi connectivity index (χ0v) is 14.4.